The number of hydrogen-bond donors (Lipinski definition) is 2. The van der Waals surface area contributed by atoms with Crippen LogP contribution >= 0.6 is 7.82 Å². The van der Waals surface area contributed by atoms with Crippen LogP contribution in [0.4, 0.5) is 0 Å². The first-order valence-corrected chi connectivity index (χ1v) is 5.72. The van der Waals surface area contributed by atoms with Crippen molar-refractivity contribution in [1.29, 1.82) is 0 Å². The van der Waals surface area contributed by atoms with Gasteiger partial charge in [0.1, 0.15) is 0 Å². The van der Waals surface area contributed by atoms with Crippen LogP contribution in [0, 0.1) is 0 Å². The first-order chi connectivity index (χ1) is 7.72. The summed E-state index contributed by atoms with van der Waals surface area (Å²) in [6, 6.07) is 0.0773. The molecule has 0 radical (unpaired) electrons. The molecular formula is C7H9N4O4P. The molecule has 2 rings (SSSR count). The van der Waals surface area contributed by atoms with Crippen LogP contribution in [0.2, 0.25) is 0 Å². The molecular weight excluding hydrogens is 235 g/mol. The average molecular weight is 244 g/mol. The van der Waals surface area contributed by atoms with Gasteiger partial charge >= 0.3 is 19.8 Å². The Morgan fingerprint density at radius 2 is 1.62 bits per heavy atom. The van der Waals surface area contributed by atoms with Gasteiger partial charge in [-0.05, 0) is 0 Å². The van der Waals surface area contributed by atoms with Gasteiger partial charge in [0.2, 0.25) is 0 Å². The van der Waals surface area contributed by atoms with E-state index in [2.05, 4.69) is 24.5 Å². The number of hydrogen-bond acceptors (Lipinski definition) is 6. The summed E-state index contributed by atoms with van der Waals surface area (Å²) in [4.78, 5) is 12.7. The molecule has 2 aromatic heterocycles. The third-order valence-corrected chi connectivity index (χ3v) is 2.81. The smallest absolute Gasteiger partial charge is 0.361 e. The fraction of sp³-hybridized carbons (Fsp3) is 0.143. The molecule has 8 nitrogen and oxygen atoms in total. The second-order valence-corrected chi connectivity index (χ2v) is 4.23. The highest BCUT2D eigenvalue weighted by molar-refractivity contribution is 7.49. The molecule has 0 amide bonds. The van der Waals surface area contributed by atoms with Crippen molar-refractivity contribution in [2.45, 2.75) is 0 Å². The lowest BCUT2D eigenvalue weighted by Gasteiger charge is -2.13. The SMILES string of the molecule is COP(=O)(Oc1ncc[nH]1)Oc1ncc[nH]1. The Labute approximate surface area is 90.6 Å². The van der Waals surface area contributed by atoms with Crippen molar-refractivity contribution in [3.63, 3.8) is 0 Å². The summed E-state index contributed by atoms with van der Waals surface area (Å²) in [5, 5.41) is 0. The Morgan fingerprint density at radius 3 is 1.94 bits per heavy atom. The molecule has 0 saturated heterocycles. The monoisotopic (exact) mass is 244 g/mol. The van der Waals surface area contributed by atoms with Crippen LogP contribution in [-0.4, -0.2) is 27.0 Å². The van der Waals surface area contributed by atoms with Crippen molar-refractivity contribution >= 4 is 7.82 Å². The van der Waals surface area contributed by atoms with E-state index in [0.29, 0.717) is 0 Å². The van der Waals surface area contributed by atoms with Crippen molar-refractivity contribution in [2.75, 3.05) is 7.11 Å². The highest BCUT2D eigenvalue weighted by Gasteiger charge is 2.31. The third kappa shape index (κ3) is 2.41. The number of rotatable bonds is 5. The maximum Gasteiger partial charge on any atom is 0.591 e. The van der Waals surface area contributed by atoms with E-state index in [1.54, 1.807) is 0 Å². The van der Waals surface area contributed by atoms with Crippen LogP contribution in [0.25, 0.3) is 0 Å². The Bertz CT molecular complexity index is 428. The lowest BCUT2D eigenvalue weighted by atomic mass is 11.0. The number of aromatic nitrogens is 4. The number of H-pyrrole nitrogens is 2. The molecule has 0 spiro atoms. The van der Waals surface area contributed by atoms with Crippen molar-refractivity contribution in [1.82, 2.24) is 19.9 Å². The molecule has 9 heteroatoms. The van der Waals surface area contributed by atoms with Crippen LogP contribution in [0.3, 0.4) is 0 Å². The molecule has 0 aromatic carbocycles. The molecule has 0 fully saturated rings. The first kappa shape index (κ1) is 10.7. The van der Waals surface area contributed by atoms with Gasteiger partial charge in [0.05, 0.1) is 0 Å². The molecule has 0 bridgehead atoms. The quantitative estimate of drug-likeness (QED) is 0.769. The normalized spacial score (nSPS) is 11.3. The zero-order valence-electron chi connectivity index (χ0n) is 8.28. The fourth-order valence-corrected chi connectivity index (χ4v) is 1.72. The highest BCUT2D eigenvalue weighted by atomic mass is 31.2. The first-order valence-electron chi connectivity index (χ1n) is 4.25. The topological polar surface area (TPSA) is 102 Å². The number of nitrogens with one attached hydrogen (secondary N) is 2. The number of aromatic amines is 2. The van der Waals surface area contributed by atoms with E-state index in [0.717, 1.165) is 0 Å². The minimum absolute atomic E-state index is 0.0386. The summed E-state index contributed by atoms with van der Waals surface area (Å²) >= 11 is 0. The molecule has 86 valence electrons. The summed E-state index contributed by atoms with van der Waals surface area (Å²) in [6.45, 7) is 0. The molecule has 2 N–H and O–H groups in total. The van der Waals surface area contributed by atoms with E-state index >= 15 is 0 Å². The van der Waals surface area contributed by atoms with E-state index in [-0.39, 0.29) is 12.0 Å². The molecule has 2 aromatic rings. The van der Waals surface area contributed by atoms with E-state index < -0.39 is 7.82 Å². The van der Waals surface area contributed by atoms with Crippen LogP contribution in [0.5, 0.6) is 12.0 Å². The molecule has 0 atom stereocenters. The van der Waals surface area contributed by atoms with E-state index in [9.17, 15) is 4.57 Å². The largest absolute Gasteiger partial charge is 0.591 e. The number of nitrogens with zero attached hydrogens (tertiary/aromatic N) is 2. The molecule has 0 unspecified atom stereocenters. The fourth-order valence-electron chi connectivity index (χ4n) is 0.906. The third-order valence-electron chi connectivity index (χ3n) is 1.57. The predicted molar refractivity (Wildman–Crippen MR) is 53.0 cm³/mol. The van der Waals surface area contributed by atoms with Gasteiger partial charge in [-0.3, -0.25) is 4.52 Å². The van der Waals surface area contributed by atoms with Gasteiger partial charge in [-0.1, -0.05) is 0 Å². The lowest BCUT2D eigenvalue weighted by molar-refractivity contribution is 0.239. The average Bonchev–Trinajstić information content (AvgIpc) is 2.91. The second-order valence-electron chi connectivity index (χ2n) is 2.60. The summed E-state index contributed by atoms with van der Waals surface area (Å²) < 4.78 is 26.5. The summed E-state index contributed by atoms with van der Waals surface area (Å²) in [7, 11) is -2.56. The summed E-state index contributed by atoms with van der Waals surface area (Å²) in [6.07, 6.45) is 5.93. The van der Waals surface area contributed by atoms with Crippen molar-refractivity contribution in [3.05, 3.63) is 24.8 Å². The Kier molecular flexibility index (Phi) is 2.93. The van der Waals surface area contributed by atoms with Crippen LogP contribution < -0.4 is 9.05 Å². The number of phosphoric ester groups is 1. The van der Waals surface area contributed by atoms with Gasteiger partial charge in [-0.15, -0.1) is 0 Å². The van der Waals surface area contributed by atoms with Gasteiger partial charge in [0, 0.05) is 31.9 Å². The lowest BCUT2D eigenvalue weighted by Crippen LogP contribution is -2.04. The van der Waals surface area contributed by atoms with Gasteiger partial charge in [-0.2, -0.15) is 0 Å². The number of imidazole rings is 2. The molecule has 16 heavy (non-hydrogen) atoms. The maximum atomic E-state index is 11.9. The van der Waals surface area contributed by atoms with Crippen LogP contribution in [-0.2, 0) is 9.09 Å². The van der Waals surface area contributed by atoms with Gasteiger partial charge in [-0.25, -0.2) is 14.5 Å². The molecule has 0 saturated carbocycles. The summed E-state index contributed by atoms with van der Waals surface area (Å²) in [5.41, 5.74) is 0. The van der Waals surface area contributed by atoms with Crippen molar-refractivity contribution in [3.8, 4) is 12.0 Å². The number of phosphoric acid groups is 1. The van der Waals surface area contributed by atoms with E-state index in [1.807, 2.05) is 0 Å². The maximum absolute atomic E-state index is 11.9. The van der Waals surface area contributed by atoms with Gasteiger partial charge in [0.15, 0.2) is 0 Å². The zero-order valence-corrected chi connectivity index (χ0v) is 9.18. The second kappa shape index (κ2) is 4.38. The van der Waals surface area contributed by atoms with Crippen molar-refractivity contribution < 1.29 is 18.1 Å². The van der Waals surface area contributed by atoms with Gasteiger partial charge in [0.25, 0.3) is 0 Å². The minimum Gasteiger partial charge on any atom is -0.361 e. The van der Waals surface area contributed by atoms with E-state index in [1.165, 1.54) is 31.9 Å². The van der Waals surface area contributed by atoms with Crippen molar-refractivity contribution in [2.24, 2.45) is 0 Å². The molecule has 0 aliphatic rings. The van der Waals surface area contributed by atoms with Crippen LogP contribution in [0.1, 0.15) is 0 Å². The standard InChI is InChI=1S/C7H9N4O4P/c1-13-16(12,14-6-8-2-3-9-6)15-7-10-4-5-11-7/h2-5H,1H3,(H,8,9)(H,10,11). The molecule has 0 aliphatic carbocycles. The predicted octanol–water partition coefficient (Wildman–Crippen LogP) is 1.35. The van der Waals surface area contributed by atoms with E-state index in [4.69, 9.17) is 9.05 Å². The molecule has 2 heterocycles. The molecule has 0 aliphatic heterocycles. The minimum atomic E-state index is -3.77. The Morgan fingerprint density at radius 1 is 1.12 bits per heavy atom. The Balaban J connectivity index is 2.10. The Hall–Kier alpha value is -1.79. The van der Waals surface area contributed by atoms with Gasteiger partial charge < -0.3 is 19.0 Å². The summed E-state index contributed by atoms with van der Waals surface area (Å²) in [5.74, 6) is 0. The highest BCUT2D eigenvalue weighted by Crippen LogP contribution is 2.46. The zero-order chi connectivity index (χ0) is 11.4. The van der Waals surface area contributed by atoms with Crippen LogP contribution in [0.15, 0.2) is 24.8 Å².